The first-order chi connectivity index (χ1) is 8.56. The molecule has 0 saturated heterocycles. The van der Waals surface area contributed by atoms with E-state index >= 15 is 0 Å². The lowest BCUT2D eigenvalue weighted by atomic mass is 10.2. The van der Waals surface area contributed by atoms with Crippen molar-refractivity contribution in [3.63, 3.8) is 0 Å². The zero-order valence-electron chi connectivity index (χ0n) is 9.71. The highest BCUT2D eigenvalue weighted by Crippen LogP contribution is 2.23. The van der Waals surface area contributed by atoms with E-state index in [1.807, 2.05) is 6.92 Å². The summed E-state index contributed by atoms with van der Waals surface area (Å²) in [7, 11) is 0. The van der Waals surface area contributed by atoms with Gasteiger partial charge in [0.25, 0.3) is 0 Å². The van der Waals surface area contributed by atoms with E-state index in [4.69, 9.17) is 4.74 Å². The molecular weight excluding hydrogens is 302 g/mol. The summed E-state index contributed by atoms with van der Waals surface area (Å²) >= 11 is 3.24. The van der Waals surface area contributed by atoms with Gasteiger partial charge < -0.3 is 4.74 Å². The lowest BCUT2D eigenvalue weighted by molar-refractivity contribution is 0.289. The SMILES string of the molecule is Cc1ccc(F)c(OCc2ccc(F)cc2Br)c1. The maximum atomic E-state index is 13.4. The number of aryl methyl sites for hydroxylation is 1. The molecule has 0 saturated carbocycles. The van der Waals surface area contributed by atoms with Gasteiger partial charge in [0, 0.05) is 10.0 Å². The zero-order chi connectivity index (χ0) is 13.1. The number of benzene rings is 2. The molecule has 0 aliphatic carbocycles. The minimum Gasteiger partial charge on any atom is -0.486 e. The molecule has 0 bridgehead atoms. The summed E-state index contributed by atoms with van der Waals surface area (Å²) in [6, 6.07) is 8.97. The Hall–Kier alpha value is -1.42. The van der Waals surface area contributed by atoms with Crippen molar-refractivity contribution in [2.75, 3.05) is 0 Å². The topological polar surface area (TPSA) is 9.23 Å². The Morgan fingerprint density at radius 3 is 2.61 bits per heavy atom. The molecule has 0 heterocycles. The van der Waals surface area contributed by atoms with Gasteiger partial charge in [0.05, 0.1) is 0 Å². The summed E-state index contributed by atoms with van der Waals surface area (Å²) in [6.45, 7) is 2.04. The van der Waals surface area contributed by atoms with Crippen LogP contribution in [0.5, 0.6) is 5.75 Å². The molecule has 0 radical (unpaired) electrons. The third-order valence-electron chi connectivity index (χ3n) is 2.48. The fourth-order valence-corrected chi connectivity index (χ4v) is 1.98. The quantitative estimate of drug-likeness (QED) is 0.804. The van der Waals surface area contributed by atoms with Gasteiger partial charge >= 0.3 is 0 Å². The predicted molar refractivity (Wildman–Crippen MR) is 69.6 cm³/mol. The first-order valence-corrected chi connectivity index (χ1v) is 6.18. The van der Waals surface area contributed by atoms with Gasteiger partial charge in [-0.25, -0.2) is 8.78 Å². The molecule has 0 atom stereocenters. The van der Waals surface area contributed by atoms with Gasteiger partial charge in [-0.2, -0.15) is 0 Å². The molecule has 0 aromatic heterocycles. The maximum absolute atomic E-state index is 13.4. The van der Waals surface area contributed by atoms with Gasteiger partial charge in [0.15, 0.2) is 11.6 Å². The molecule has 18 heavy (non-hydrogen) atoms. The Balaban J connectivity index is 2.13. The largest absolute Gasteiger partial charge is 0.486 e. The molecule has 2 aromatic rings. The molecule has 0 unspecified atom stereocenters. The summed E-state index contributed by atoms with van der Waals surface area (Å²) in [4.78, 5) is 0. The predicted octanol–water partition coefficient (Wildman–Crippen LogP) is 4.61. The third kappa shape index (κ3) is 3.07. The second-order valence-electron chi connectivity index (χ2n) is 3.96. The Kier molecular flexibility index (Phi) is 3.97. The highest BCUT2D eigenvalue weighted by Gasteiger charge is 2.06. The lowest BCUT2D eigenvalue weighted by Gasteiger charge is -2.09. The van der Waals surface area contributed by atoms with E-state index in [1.165, 1.54) is 18.2 Å². The van der Waals surface area contributed by atoms with Crippen LogP contribution in [0, 0.1) is 18.6 Å². The molecule has 2 rings (SSSR count). The van der Waals surface area contributed by atoms with Crippen molar-refractivity contribution in [1.82, 2.24) is 0 Å². The molecule has 0 fully saturated rings. The van der Waals surface area contributed by atoms with Crippen LogP contribution in [0.1, 0.15) is 11.1 Å². The molecule has 0 aliphatic heterocycles. The Morgan fingerprint density at radius 2 is 1.89 bits per heavy atom. The molecule has 0 aliphatic rings. The molecule has 94 valence electrons. The van der Waals surface area contributed by atoms with E-state index in [0.717, 1.165) is 11.1 Å². The van der Waals surface area contributed by atoms with Gasteiger partial charge in [0.1, 0.15) is 12.4 Å². The van der Waals surface area contributed by atoms with E-state index in [9.17, 15) is 8.78 Å². The second-order valence-corrected chi connectivity index (χ2v) is 4.81. The average Bonchev–Trinajstić information content (AvgIpc) is 2.32. The Labute approximate surface area is 113 Å². The van der Waals surface area contributed by atoms with Crippen LogP contribution in [0.4, 0.5) is 8.78 Å². The van der Waals surface area contributed by atoms with Crippen LogP contribution in [-0.4, -0.2) is 0 Å². The summed E-state index contributed by atoms with van der Waals surface area (Å²) in [5.41, 5.74) is 1.68. The normalized spacial score (nSPS) is 10.4. The average molecular weight is 313 g/mol. The highest BCUT2D eigenvalue weighted by molar-refractivity contribution is 9.10. The molecule has 0 spiro atoms. The summed E-state index contributed by atoms with van der Waals surface area (Å²) < 4.78 is 32.3. The highest BCUT2D eigenvalue weighted by atomic mass is 79.9. The monoisotopic (exact) mass is 312 g/mol. The van der Waals surface area contributed by atoms with Crippen LogP contribution >= 0.6 is 15.9 Å². The minimum atomic E-state index is -0.404. The summed E-state index contributed by atoms with van der Waals surface area (Å²) in [6.07, 6.45) is 0. The fourth-order valence-electron chi connectivity index (χ4n) is 1.52. The van der Waals surface area contributed by atoms with E-state index < -0.39 is 5.82 Å². The Morgan fingerprint density at radius 1 is 1.11 bits per heavy atom. The molecular formula is C14H11BrF2O. The van der Waals surface area contributed by atoms with Gasteiger partial charge in [-0.1, -0.05) is 28.1 Å². The fraction of sp³-hybridized carbons (Fsp3) is 0.143. The maximum Gasteiger partial charge on any atom is 0.165 e. The zero-order valence-corrected chi connectivity index (χ0v) is 11.3. The van der Waals surface area contributed by atoms with Gasteiger partial charge in [-0.3, -0.25) is 0 Å². The molecule has 2 aromatic carbocycles. The van der Waals surface area contributed by atoms with Gasteiger partial charge in [-0.05, 0) is 36.8 Å². The van der Waals surface area contributed by atoms with Crippen LogP contribution < -0.4 is 4.74 Å². The van der Waals surface area contributed by atoms with Crippen LogP contribution in [-0.2, 0) is 6.61 Å². The van der Waals surface area contributed by atoms with Crippen LogP contribution in [0.25, 0.3) is 0 Å². The number of rotatable bonds is 3. The first-order valence-electron chi connectivity index (χ1n) is 5.39. The number of hydrogen-bond acceptors (Lipinski definition) is 1. The second kappa shape index (κ2) is 5.48. The molecule has 1 nitrogen and oxygen atoms in total. The van der Waals surface area contributed by atoms with Crippen LogP contribution in [0.2, 0.25) is 0 Å². The summed E-state index contributed by atoms with van der Waals surface area (Å²) in [5, 5.41) is 0. The van der Waals surface area contributed by atoms with Crippen LogP contribution in [0.15, 0.2) is 40.9 Å². The van der Waals surface area contributed by atoms with Gasteiger partial charge in [0.2, 0.25) is 0 Å². The van der Waals surface area contributed by atoms with Crippen molar-refractivity contribution >= 4 is 15.9 Å². The minimum absolute atomic E-state index is 0.182. The van der Waals surface area contributed by atoms with E-state index in [-0.39, 0.29) is 18.2 Å². The third-order valence-corrected chi connectivity index (χ3v) is 3.22. The van der Waals surface area contributed by atoms with Crippen LogP contribution in [0.3, 0.4) is 0 Å². The standard InChI is InChI=1S/C14H11BrF2O/c1-9-2-5-13(17)14(6-9)18-8-10-3-4-11(16)7-12(10)15/h2-7H,8H2,1H3. The van der Waals surface area contributed by atoms with E-state index in [0.29, 0.717) is 4.47 Å². The van der Waals surface area contributed by atoms with E-state index in [2.05, 4.69) is 15.9 Å². The van der Waals surface area contributed by atoms with Crippen molar-refractivity contribution in [1.29, 1.82) is 0 Å². The number of ether oxygens (including phenoxy) is 1. The summed E-state index contributed by atoms with van der Waals surface area (Å²) in [5.74, 6) is -0.530. The first kappa shape index (κ1) is 13.0. The van der Waals surface area contributed by atoms with Crippen molar-refractivity contribution in [2.24, 2.45) is 0 Å². The van der Waals surface area contributed by atoms with Crippen molar-refractivity contribution in [3.8, 4) is 5.75 Å². The van der Waals surface area contributed by atoms with Crippen molar-refractivity contribution in [2.45, 2.75) is 13.5 Å². The van der Waals surface area contributed by atoms with Crippen molar-refractivity contribution < 1.29 is 13.5 Å². The number of halogens is 3. The molecule has 0 N–H and O–H groups in total. The van der Waals surface area contributed by atoms with E-state index in [1.54, 1.807) is 18.2 Å². The smallest absolute Gasteiger partial charge is 0.165 e. The lowest BCUT2D eigenvalue weighted by Crippen LogP contribution is -1.99. The molecule has 4 heteroatoms. The number of hydrogen-bond donors (Lipinski definition) is 0. The molecule has 0 amide bonds. The van der Waals surface area contributed by atoms with Gasteiger partial charge in [-0.15, -0.1) is 0 Å². The Bertz CT molecular complexity index is 570. The van der Waals surface area contributed by atoms with Crippen molar-refractivity contribution in [3.05, 3.63) is 63.6 Å².